The van der Waals surface area contributed by atoms with E-state index in [2.05, 4.69) is 0 Å². The minimum absolute atomic E-state index is 0.137. The van der Waals surface area contributed by atoms with Crippen molar-refractivity contribution in [1.82, 2.24) is 4.90 Å². The van der Waals surface area contributed by atoms with Crippen LogP contribution in [0.3, 0.4) is 0 Å². The van der Waals surface area contributed by atoms with E-state index < -0.39 is 0 Å². The standard InChI is InChI=1S/C10H11NO/c1-7-8-5-3-4-6-9(8)10(12)11(7)2/h3-7H,1-2H3/t7-/m1/s1. The van der Waals surface area contributed by atoms with Crippen LogP contribution in [0.2, 0.25) is 0 Å². The second kappa shape index (κ2) is 2.34. The topological polar surface area (TPSA) is 20.3 Å². The lowest BCUT2D eigenvalue weighted by molar-refractivity contribution is 0.0784. The van der Waals surface area contributed by atoms with Crippen LogP contribution in [0, 0.1) is 0 Å². The molecule has 1 aliphatic rings. The van der Waals surface area contributed by atoms with E-state index in [9.17, 15) is 4.79 Å². The molecule has 1 amide bonds. The van der Waals surface area contributed by atoms with Crippen molar-refractivity contribution in [2.45, 2.75) is 13.0 Å². The third-order valence-electron chi connectivity index (χ3n) is 2.54. The summed E-state index contributed by atoms with van der Waals surface area (Å²) in [5.74, 6) is 0.137. The third kappa shape index (κ3) is 0.779. The number of hydrogen-bond donors (Lipinski definition) is 0. The molecule has 1 heterocycles. The Kier molecular flexibility index (Phi) is 1.43. The number of rotatable bonds is 0. The van der Waals surface area contributed by atoms with Crippen molar-refractivity contribution in [2.75, 3.05) is 7.05 Å². The summed E-state index contributed by atoms with van der Waals surface area (Å²) in [4.78, 5) is 13.3. The van der Waals surface area contributed by atoms with E-state index in [4.69, 9.17) is 0 Å². The summed E-state index contributed by atoms with van der Waals surface area (Å²) in [6.07, 6.45) is 0. The average molecular weight is 161 g/mol. The molecule has 0 aliphatic carbocycles. The minimum Gasteiger partial charge on any atom is -0.335 e. The van der Waals surface area contributed by atoms with E-state index in [1.54, 1.807) is 4.90 Å². The first-order valence-corrected chi connectivity index (χ1v) is 4.08. The van der Waals surface area contributed by atoms with Crippen molar-refractivity contribution in [2.24, 2.45) is 0 Å². The van der Waals surface area contributed by atoms with Gasteiger partial charge in [-0.2, -0.15) is 0 Å². The van der Waals surface area contributed by atoms with Gasteiger partial charge in [0, 0.05) is 12.6 Å². The lowest BCUT2D eigenvalue weighted by Gasteiger charge is -2.14. The maximum Gasteiger partial charge on any atom is 0.254 e. The lowest BCUT2D eigenvalue weighted by atomic mass is 10.1. The highest BCUT2D eigenvalue weighted by atomic mass is 16.2. The number of carbonyl (C=O) groups excluding carboxylic acids is 1. The normalized spacial score (nSPS) is 21.3. The molecule has 1 aromatic carbocycles. The molecule has 62 valence electrons. The van der Waals surface area contributed by atoms with Crippen LogP contribution in [0.5, 0.6) is 0 Å². The van der Waals surface area contributed by atoms with Gasteiger partial charge >= 0.3 is 0 Å². The summed E-state index contributed by atoms with van der Waals surface area (Å²) >= 11 is 0. The van der Waals surface area contributed by atoms with Crippen molar-refractivity contribution in [1.29, 1.82) is 0 Å². The molecule has 1 aromatic rings. The van der Waals surface area contributed by atoms with Crippen LogP contribution in [0.15, 0.2) is 24.3 Å². The van der Waals surface area contributed by atoms with Crippen molar-refractivity contribution < 1.29 is 4.79 Å². The minimum atomic E-state index is 0.137. The molecular weight excluding hydrogens is 150 g/mol. The Morgan fingerprint density at radius 2 is 2.00 bits per heavy atom. The Balaban J connectivity index is 2.59. The fourth-order valence-electron chi connectivity index (χ4n) is 1.63. The van der Waals surface area contributed by atoms with E-state index in [1.807, 2.05) is 38.2 Å². The van der Waals surface area contributed by atoms with Crippen molar-refractivity contribution in [3.8, 4) is 0 Å². The van der Waals surface area contributed by atoms with Crippen LogP contribution in [-0.2, 0) is 0 Å². The molecule has 0 fully saturated rings. The van der Waals surface area contributed by atoms with E-state index in [0.29, 0.717) is 0 Å². The van der Waals surface area contributed by atoms with E-state index in [0.717, 1.165) is 11.1 Å². The van der Waals surface area contributed by atoms with Crippen LogP contribution in [0.25, 0.3) is 0 Å². The van der Waals surface area contributed by atoms with E-state index >= 15 is 0 Å². The van der Waals surface area contributed by atoms with Crippen LogP contribution >= 0.6 is 0 Å². The van der Waals surface area contributed by atoms with Gasteiger partial charge < -0.3 is 4.90 Å². The van der Waals surface area contributed by atoms with Crippen LogP contribution in [0.1, 0.15) is 28.9 Å². The SMILES string of the molecule is C[C@@H]1c2ccccc2C(=O)N1C. The van der Waals surface area contributed by atoms with Gasteiger partial charge in [0.25, 0.3) is 5.91 Å². The molecule has 0 spiro atoms. The first kappa shape index (κ1) is 7.35. The zero-order chi connectivity index (χ0) is 8.72. The molecule has 0 bridgehead atoms. The number of fused-ring (bicyclic) bond motifs is 1. The molecule has 2 heteroatoms. The highest BCUT2D eigenvalue weighted by Crippen LogP contribution is 2.30. The smallest absolute Gasteiger partial charge is 0.254 e. The summed E-state index contributed by atoms with van der Waals surface area (Å²) in [5, 5.41) is 0. The molecule has 0 aromatic heterocycles. The molecule has 2 nitrogen and oxygen atoms in total. The maximum atomic E-state index is 11.5. The highest BCUT2D eigenvalue weighted by Gasteiger charge is 2.29. The fraction of sp³-hybridized carbons (Fsp3) is 0.300. The Hall–Kier alpha value is -1.31. The number of amides is 1. The van der Waals surface area contributed by atoms with Gasteiger partial charge in [0.1, 0.15) is 0 Å². The van der Waals surface area contributed by atoms with Gasteiger partial charge in [0.2, 0.25) is 0 Å². The average Bonchev–Trinajstić information content (AvgIpc) is 2.33. The predicted octanol–water partition coefficient (Wildman–Crippen LogP) is 1.83. The second-order valence-corrected chi connectivity index (χ2v) is 3.18. The number of carbonyl (C=O) groups is 1. The number of nitrogens with zero attached hydrogens (tertiary/aromatic N) is 1. The molecule has 0 unspecified atom stereocenters. The third-order valence-corrected chi connectivity index (χ3v) is 2.54. The van der Waals surface area contributed by atoms with Crippen LogP contribution < -0.4 is 0 Å². The molecule has 12 heavy (non-hydrogen) atoms. The molecule has 1 atom stereocenters. The van der Waals surface area contributed by atoms with Gasteiger partial charge in [0.15, 0.2) is 0 Å². The first-order chi connectivity index (χ1) is 5.72. The zero-order valence-electron chi connectivity index (χ0n) is 7.24. The molecule has 2 rings (SSSR count). The predicted molar refractivity (Wildman–Crippen MR) is 47.0 cm³/mol. The van der Waals surface area contributed by atoms with Gasteiger partial charge in [-0.3, -0.25) is 4.79 Å². The van der Waals surface area contributed by atoms with Crippen LogP contribution in [0.4, 0.5) is 0 Å². The quantitative estimate of drug-likeness (QED) is 0.568. The molecule has 0 radical (unpaired) electrons. The summed E-state index contributed by atoms with van der Waals surface area (Å²) in [5.41, 5.74) is 2.00. The largest absolute Gasteiger partial charge is 0.335 e. The summed E-state index contributed by atoms with van der Waals surface area (Å²) < 4.78 is 0. The Morgan fingerprint density at radius 1 is 1.33 bits per heavy atom. The number of benzene rings is 1. The van der Waals surface area contributed by atoms with Crippen molar-refractivity contribution in [3.63, 3.8) is 0 Å². The second-order valence-electron chi connectivity index (χ2n) is 3.18. The molecule has 0 saturated carbocycles. The summed E-state index contributed by atoms with van der Waals surface area (Å²) in [7, 11) is 1.84. The van der Waals surface area contributed by atoms with E-state index in [1.165, 1.54) is 0 Å². The molecule has 1 aliphatic heterocycles. The molecule has 0 N–H and O–H groups in total. The fourth-order valence-corrected chi connectivity index (χ4v) is 1.63. The van der Waals surface area contributed by atoms with E-state index in [-0.39, 0.29) is 11.9 Å². The highest BCUT2D eigenvalue weighted by molar-refractivity contribution is 5.98. The Morgan fingerprint density at radius 3 is 2.67 bits per heavy atom. The lowest BCUT2D eigenvalue weighted by Crippen LogP contribution is -2.20. The molecule has 0 saturated heterocycles. The molecular formula is C10H11NO. The maximum absolute atomic E-state index is 11.5. The van der Waals surface area contributed by atoms with Crippen LogP contribution in [-0.4, -0.2) is 17.9 Å². The van der Waals surface area contributed by atoms with Gasteiger partial charge in [-0.15, -0.1) is 0 Å². The van der Waals surface area contributed by atoms with Crippen molar-refractivity contribution in [3.05, 3.63) is 35.4 Å². The van der Waals surface area contributed by atoms with Crippen molar-refractivity contribution >= 4 is 5.91 Å². The number of hydrogen-bond acceptors (Lipinski definition) is 1. The summed E-state index contributed by atoms with van der Waals surface area (Å²) in [6, 6.07) is 8.01. The Labute approximate surface area is 71.8 Å². The van der Waals surface area contributed by atoms with Gasteiger partial charge in [0.05, 0.1) is 6.04 Å². The summed E-state index contributed by atoms with van der Waals surface area (Å²) in [6.45, 7) is 2.05. The monoisotopic (exact) mass is 161 g/mol. The Bertz CT molecular complexity index is 332. The van der Waals surface area contributed by atoms with Gasteiger partial charge in [-0.1, -0.05) is 18.2 Å². The first-order valence-electron chi connectivity index (χ1n) is 4.08. The van der Waals surface area contributed by atoms with Gasteiger partial charge in [-0.25, -0.2) is 0 Å². The zero-order valence-corrected chi connectivity index (χ0v) is 7.24. The van der Waals surface area contributed by atoms with Gasteiger partial charge in [-0.05, 0) is 18.6 Å².